The van der Waals surface area contributed by atoms with Crippen LogP contribution in [0, 0.1) is 0 Å². The summed E-state index contributed by atoms with van der Waals surface area (Å²) in [5, 5.41) is 5.87. The number of carbonyl (C=O) groups excluding carboxylic acids is 2. The van der Waals surface area contributed by atoms with Crippen LogP contribution in [0.4, 0.5) is 5.69 Å². The highest BCUT2D eigenvalue weighted by Crippen LogP contribution is 2.15. The summed E-state index contributed by atoms with van der Waals surface area (Å²) < 4.78 is 0. The van der Waals surface area contributed by atoms with Gasteiger partial charge in [-0.15, -0.1) is 0 Å². The summed E-state index contributed by atoms with van der Waals surface area (Å²) in [6.45, 7) is 1.93. The molecule has 0 aliphatic rings. The number of hydrogen-bond donors (Lipinski definition) is 2. The summed E-state index contributed by atoms with van der Waals surface area (Å²) in [5.41, 5.74) is 2.15. The summed E-state index contributed by atoms with van der Waals surface area (Å²) >= 11 is 3.09. The van der Waals surface area contributed by atoms with Gasteiger partial charge in [0.15, 0.2) is 0 Å². The number of rotatable bonds is 5. The quantitative estimate of drug-likeness (QED) is 0.801. The van der Waals surface area contributed by atoms with Gasteiger partial charge in [-0.05, 0) is 30.7 Å². The zero-order chi connectivity index (χ0) is 15.9. The van der Waals surface area contributed by atoms with Gasteiger partial charge in [-0.3, -0.25) is 9.59 Å². The van der Waals surface area contributed by atoms with Crippen molar-refractivity contribution in [3.8, 4) is 0 Å². The molecule has 5 heteroatoms. The predicted molar refractivity (Wildman–Crippen MR) is 91.2 cm³/mol. The Bertz CT molecular complexity index is 659. The summed E-state index contributed by atoms with van der Waals surface area (Å²) in [6, 6.07) is 16.5. The van der Waals surface area contributed by atoms with E-state index in [1.54, 1.807) is 24.3 Å². The molecule has 0 aliphatic heterocycles. The van der Waals surface area contributed by atoms with Gasteiger partial charge in [0.05, 0.1) is 11.4 Å². The van der Waals surface area contributed by atoms with E-state index >= 15 is 0 Å². The largest absolute Gasteiger partial charge is 0.346 e. The van der Waals surface area contributed by atoms with Crippen molar-refractivity contribution in [3.63, 3.8) is 0 Å². The molecule has 114 valence electrons. The maximum absolute atomic E-state index is 12.3. The highest BCUT2D eigenvalue weighted by Gasteiger charge is 2.12. The highest BCUT2D eigenvalue weighted by molar-refractivity contribution is 9.09. The third-order valence-electron chi connectivity index (χ3n) is 3.18. The molecule has 0 bridgehead atoms. The van der Waals surface area contributed by atoms with E-state index in [1.165, 1.54) is 0 Å². The standard InChI is InChI=1S/C17H17BrN2O2/c1-12(13-6-3-2-4-7-13)19-17(22)14-8-5-9-15(10-14)20-16(21)11-18/h2-10,12H,11H2,1H3,(H,19,22)(H,20,21). The number of hydrogen-bond acceptors (Lipinski definition) is 2. The van der Waals surface area contributed by atoms with Crippen molar-refractivity contribution in [3.05, 3.63) is 65.7 Å². The van der Waals surface area contributed by atoms with Crippen LogP contribution in [-0.4, -0.2) is 17.1 Å². The maximum atomic E-state index is 12.3. The normalized spacial score (nSPS) is 11.5. The van der Waals surface area contributed by atoms with Crippen LogP contribution in [-0.2, 0) is 4.79 Å². The minimum atomic E-state index is -0.175. The number of amides is 2. The first-order valence-electron chi connectivity index (χ1n) is 6.92. The van der Waals surface area contributed by atoms with E-state index in [9.17, 15) is 9.59 Å². The minimum Gasteiger partial charge on any atom is -0.346 e. The van der Waals surface area contributed by atoms with E-state index < -0.39 is 0 Å². The molecule has 2 N–H and O–H groups in total. The maximum Gasteiger partial charge on any atom is 0.251 e. The van der Waals surface area contributed by atoms with E-state index in [2.05, 4.69) is 26.6 Å². The molecule has 2 aromatic rings. The fourth-order valence-corrected chi connectivity index (χ4v) is 2.18. The van der Waals surface area contributed by atoms with Gasteiger partial charge in [-0.1, -0.05) is 52.3 Å². The van der Waals surface area contributed by atoms with E-state index in [-0.39, 0.29) is 23.2 Å². The molecule has 0 spiro atoms. The summed E-state index contributed by atoms with van der Waals surface area (Å²) in [7, 11) is 0. The van der Waals surface area contributed by atoms with Gasteiger partial charge in [0.25, 0.3) is 5.91 Å². The lowest BCUT2D eigenvalue weighted by Gasteiger charge is -2.14. The van der Waals surface area contributed by atoms with Gasteiger partial charge in [-0.2, -0.15) is 0 Å². The number of carbonyl (C=O) groups is 2. The Balaban J connectivity index is 2.06. The lowest BCUT2D eigenvalue weighted by Crippen LogP contribution is -2.26. The Hall–Kier alpha value is -2.14. The van der Waals surface area contributed by atoms with Crippen molar-refractivity contribution in [1.29, 1.82) is 0 Å². The Morgan fingerprint density at radius 1 is 1.09 bits per heavy atom. The van der Waals surface area contributed by atoms with Crippen LogP contribution in [0.2, 0.25) is 0 Å². The molecule has 0 saturated heterocycles. The lowest BCUT2D eigenvalue weighted by atomic mass is 10.1. The van der Waals surface area contributed by atoms with Crippen LogP contribution in [0.1, 0.15) is 28.9 Å². The van der Waals surface area contributed by atoms with Crippen molar-refractivity contribution in [1.82, 2.24) is 5.32 Å². The number of alkyl halides is 1. The SMILES string of the molecule is CC(NC(=O)c1cccc(NC(=O)CBr)c1)c1ccccc1. The molecule has 0 aromatic heterocycles. The topological polar surface area (TPSA) is 58.2 Å². The van der Waals surface area contributed by atoms with Crippen molar-refractivity contribution in [2.75, 3.05) is 10.6 Å². The van der Waals surface area contributed by atoms with E-state index in [0.29, 0.717) is 11.3 Å². The molecule has 0 aliphatic carbocycles. The monoisotopic (exact) mass is 360 g/mol. The third-order valence-corrected chi connectivity index (χ3v) is 3.69. The molecule has 1 unspecified atom stereocenters. The average Bonchev–Trinajstić information content (AvgIpc) is 2.55. The summed E-state index contributed by atoms with van der Waals surface area (Å²) in [5.74, 6) is -0.332. The molecule has 0 radical (unpaired) electrons. The molecule has 0 fully saturated rings. The highest BCUT2D eigenvalue weighted by atomic mass is 79.9. The first-order valence-corrected chi connectivity index (χ1v) is 8.04. The zero-order valence-electron chi connectivity index (χ0n) is 12.2. The van der Waals surface area contributed by atoms with Gasteiger partial charge in [0.2, 0.25) is 5.91 Å². The summed E-state index contributed by atoms with van der Waals surface area (Å²) in [4.78, 5) is 23.7. The molecular formula is C17H17BrN2O2. The van der Waals surface area contributed by atoms with E-state index in [0.717, 1.165) is 5.56 Å². The van der Waals surface area contributed by atoms with Crippen LogP contribution in [0.25, 0.3) is 0 Å². The molecule has 2 rings (SSSR count). The van der Waals surface area contributed by atoms with Gasteiger partial charge in [-0.25, -0.2) is 0 Å². The molecule has 2 aromatic carbocycles. The van der Waals surface area contributed by atoms with Crippen molar-refractivity contribution in [2.24, 2.45) is 0 Å². The Morgan fingerprint density at radius 2 is 1.82 bits per heavy atom. The van der Waals surface area contributed by atoms with Crippen LogP contribution in [0.3, 0.4) is 0 Å². The molecular weight excluding hydrogens is 344 g/mol. The van der Waals surface area contributed by atoms with E-state index in [1.807, 2.05) is 37.3 Å². The first-order chi connectivity index (χ1) is 10.6. The number of halogens is 1. The second-order valence-corrected chi connectivity index (χ2v) is 5.43. The number of benzene rings is 2. The lowest BCUT2D eigenvalue weighted by molar-refractivity contribution is -0.113. The smallest absolute Gasteiger partial charge is 0.251 e. The van der Waals surface area contributed by atoms with Crippen molar-refractivity contribution < 1.29 is 9.59 Å². The minimum absolute atomic E-state index is 0.0884. The van der Waals surface area contributed by atoms with Crippen molar-refractivity contribution in [2.45, 2.75) is 13.0 Å². The van der Waals surface area contributed by atoms with Crippen LogP contribution >= 0.6 is 15.9 Å². The van der Waals surface area contributed by atoms with Gasteiger partial charge in [0, 0.05) is 11.3 Å². The zero-order valence-corrected chi connectivity index (χ0v) is 13.8. The molecule has 0 heterocycles. The average molecular weight is 361 g/mol. The van der Waals surface area contributed by atoms with Crippen LogP contribution in [0.5, 0.6) is 0 Å². The summed E-state index contributed by atoms with van der Waals surface area (Å²) in [6.07, 6.45) is 0. The fourth-order valence-electron chi connectivity index (χ4n) is 2.04. The predicted octanol–water partition coefficient (Wildman–Crippen LogP) is 3.51. The Labute approximate surface area is 138 Å². The van der Waals surface area contributed by atoms with Gasteiger partial charge >= 0.3 is 0 Å². The second kappa shape index (κ2) is 7.75. The van der Waals surface area contributed by atoms with Crippen molar-refractivity contribution >= 4 is 33.4 Å². The van der Waals surface area contributed by atoms with Crippen LogP contribution < -0.4 is 10.6 Å². The molecule has 2 amide bonds. The first kappa shape index (κ1) is 16.2. The fraction of sp³-hybridized carbons (Fsp3) is 0.176. The Morgan fingerprint density at radius 3 is 2.50 bits per heavy atom. The number of anilines is 1. The third kappa shape index (κ3) is 4.43. The second-order valence-electron chi connectivity index (χ2n) is 4.87. The number of nitrogens with one attached hydrogen (secondary N) is 2. The van der Waals surface area contributed by atoms with Crippen LogP contribution in [0.15, 0.2) is 54.6 Å². The van der Waals surface area contributed by atoms with Gasteiger partial charge in [0.1, 0.15) is 0 Å². The molecule has 1 atom stereocenters. The molecule has 4 nitrogen and oxygen atoms in total. The Kier molecular flexibility index (Phi) is 5.72. The van der Waals surface area contributed by atoms with E-state index in [4.69, 9.17) is 0 Å². The van der Waals surface area contributed by atoms with Gasteiger partial charge < -0.3 is 10.6 Å². The molecule has 22 heavy (non-hydrogen) atoms. The molecule has 0 saturated carbocycles.